The molecule has 0 spiro atoms. The van der Waals surface area contributed by atoms with Crippen LogP contribution in [-0.4, -0.2) is 0 Å². The van der Waals surface area contributed by atoms with E-state index in [1.165, 1.54) is 99.6 Å². The lowest BCUT2D eigenvalue weighted by Crippen LogP contribution is -2.24. The van der Waals surface area contributed by atoms with Crippen LogP contribution in [0.1, 0.15) is 128 Å². The molecule has 11 aromatic rings. The molecular formula is C71H63NO2. The van der Waals surface area contributed by atoms with Crippen molar-refractivity contribution < 1.29 is 8.83 Å². The Morgan fingerprint density at radius 2 is 0.851 bits per heavy atom. The van der Waals surface area contributed by atoms with Crippen molar-refractivity contribution in [3.8, 4) is 44.5 Å². The number of nitrogens with zero attached hydrogens (tertiary/aromatic N) is 1. The first-order valence-corrected chi connectivity index (χ1v) is 26.7. The lowest BCUT2D eigenvalue weighted by atomic mass is 9.72. The summed E-state index contributed by atoms with van der Waals surface area (Å²) in [6, 6.07) is 61.5. The van der Waals surface area contributed by atoms with Crippen molar-refractivity contribution in [3.63, 3.8) is 0 Å². The van der Waals surface area contributed by atoms with Crippen molar-refractivity contribution >= 4 is 60.9 Å². The molecule has 0 saturated heterocycles. The summed E-state index contributed by atoms with van der Waals surface area (Å²) in [5.41, 5.74) is 27.1. The first-order chi connectivity index (χ1) is 35.3. The van der Waals surface area contributed by atoms with Crippen LogP contribution in [0, 0.1) is 0 Å². The van der Waals surface area contributed by atoms with Crippen molar-refractivity contribution in [3.05, 3.63) is 208 Å². The molecule has 3 aliphatic carbocycles. The Morgan fingerprint density at radius 3 is 1.49 bits per heavy atom. The fourth-order valence-corrected chi connectivity index (χ4v) is 14.0. The first kappa shape index (κ1) is 45.0. The maximum Gasteiger partial charge on any atom is 0.144 e. The molecule has 9 aromatic carbocycles. The molecule has 3 aliphatic rings. The Morgan fingerprint density at radius 1 is 0.365 bits per heavy atom. The summed E-state index contributed by atoms with van der Waals surface area (Å²) in [4.78, 5) is 2.51. The minimum atomic E-state index is -0.331. The lowest BCUT2D eigenvalue weighted by Gasteiger charge is -2.32. The third-order valence-electron chi connectivity index (χ3n) is 17.7. The minimum absolute atomic E-state index is 0.0151. The quantitative estimate of drug-likeness (QED) is 0.176. The normalized spacial score (nSPS) is 15.6. The molecule has 0 atom stereocenters. The van der Waals surface area contributed by atoms with Gasteiger partial charge in [0.15, 0.2) is 0 Å². The van der Waals surface area contributed by atoms with Crippen LogP contribution in [0.5, 0.6) is 0 Å². The van der Waals surface area contributed by atoms with E-state index in [9.17, 15) is 0 Å². The van der Waals surface area contributed by atoms with Crippen LogP contribution < -0.4 is 4.90 Å². The van der Waals surface area contributed by atoms with E-state index in [1.807, 2.05) is 0 Å². The van der Waals surface area contributed by atoms with E-state index in [0.29, 0.717) is 0 Å². The predicted molar refractivity (Wildman–Crippen MR) is 311 cm³/mol. The topological polar surface area (TPSA) is 29.5 Å². The highest BCUT2D eigenvalue weighted by Crippen LogP contribution is 2.64. The monoisotopic (exact) mass is 961 g/mol. The summed E-state index contributed by atoms with van der Waals surface area (Å²) in [6.07, 6.45) is 0. The SMILES string of the molecule is CC(C)(C)c1ccc(N(c2ccc3c(c2)C(C)(C)c2cc(-c4ccccc4C(C)(C)C)c4oc5ccccc5c4c2-3)c2ccc3c(c2)C(C)(C)c2c4c(c5oc6ccccc6c5c2-3)-c2ccccc2C4(C)C)cc1. The van der Waals surface area contributed by atoms with Crippen molar-refractivity contribution in [2.45, 2.75) is 110 Å². The zero-order chi connectivity index (χ0) is 51.2. The average molecular weight is 962 g/mol. The molecule has 0 aliphatic heterocycles. The predicted octanol–water partition coefficient (Wildman–Crippen LogP) is 20.1. The van der Waals surface area contributed by atoms with E-state index in [-0.39, 0.29) is 27.1 Å². The van der Waals surface area contributed by atoms with E-state index in [4.69, 9.17) is 8.83 Å². The van der Waals surface area contributed by atoms with Gasteiger partial charge in [-0.3, -0.25) is 0 Å². The van der Waals surface area contributed by atoms with Crippen molar-refractivity contribution in [2.75, 3.05) is 4.90 Å². The van der Waals surface area contributed by atoms with Crippen LogP contribution in [0.15, 0.2) is 173 Å². The number of anilines is 3. The van der Waals surface area contributed by atoms with Crippen molar-refractivity contribution in [1.29, 1.82) is 0 Å². The average Bonchev–Trinajstić information content (AvgIpc) is 4.13. The highest BCUT2D eigenvalue weighted by atomic mass is 16.3. The van der Waals surface area contributed by atoms with Crippen LogP contribution in [0.3, 0.4) is 0 Å². The molecule has 0 amide bonds. The van der Waals surface area contributed by atoms with E-state index in [0.717, 1.165) is 50.3 Å². The summed E-state index contributed by atoms with van der Waals surface area (Å²) >= 11 is 0. The Labute approximate surface area is 435 Å². The number of hydrogen-bond acceptors (Lipinski definition) is 3. The summed E-state index contributed by atoms with van der Waals surface area (Å²) in [6.45, 7) is 28.4. The van der Waals surface area contributed by atoms with Gasteiger partial charge in [-0.15, -0.1) is 0 Å². The highest BCUT2D eigenvalue weighted by Gasteiger charge is 2.49. The van der Waals surface area contributed by atoms with E-state index in [2.05, 4.69) is 252 Å². The second-order valence-corrected chi connectivity index (χ2v) is 25.3. The van der Waals surface area contributed by atoms with Gasteiger partial charge in [0.05, 0.1) is 0 Å². The van der Waals surface area contributed by atoms with Crippen molar-refractivity contribution in [1.82, 2.24) is 0 Å². The number of para-hydroxylation sites is 2. The second-order valence-electron chi connectivity index (χ2n) is 25.3. The van der Waals surface area contributed by atoms with Gasteiger partial charge in [0, 0.05) is 66.0 Å². The Hall–Kier alpha value is -7.62. The van der Waals surface area contributed by atoms with Gasteiger partial charge in [-0.1, -0.05) is 192 Å². The standard InChI is InChI=1S/C71H63NO2/c1-67(2,3)40-29-31-41(32-30-40)72(42-33-35-46-53(37-42)69(7,8)55-39-50(44-21-13-17-25-51(44)68(4,5)6)65-60(58(46)55)48-23-15-19-27-56(48)73-65)43-34-36-47-54(38-43)71(11,12)63-59(47)61-49-24-16-20-28-57(49)74-66(61)62-45-22-14-18-26-52(45)70(9,10)64(62)63/h13-39H,1-12H3. The molecule has 0 fully saturated rings. The van der Waals surface area contributed by atoms with E-state index >= 15 is 0 Å². The van der Waals surface area contributed by atoms with Gasteiger partial charge in [-0.05, 0) is 143 Å². The molecule has 14 rings (SSSR count). The van der Waals surface area contributed by atoms with Gasteiger partial charge in [0.2, 0.25) is 0 Å². The molecule has 0 radical (unpaired) electrons. The van der Waals surface area contributed by atoms with Crippen molar-refractivity contribution in [2.24, 2.45) is 0 Å². The first-order valence-electron chi connectivity index (χ1n) is 26.7. The number of fused-ring (bicyclic) bond motifs is 19. The molecular weight excluding hydrogens is 899 g/mol. The number of benzene rings is 9. The smallest absolute Gasteiger partial charge is 0.144 e. The zero-order valence-corrected chi connectivity index (χ0v) is 44.9. The third kappa shape index (κ3) is 5.96. The molecule has 2 aromatic heterocycles. The Balaban J connectivity index is 0.990. The maximum absolute atomic E-state index is 7.02. The second kappa shape index (κ2) is 14.8. The molecule has 74 heavy (non-hydrogen) atoms. The largest absolute Gasteiger partial charge is 0.455 e. The molecule has 0 unspecified atom stereocenters. The Bertz CT molecular complexity index is 4230. The van der Waals surface area contributed by atoms with Gasteiger partial charge in [0.1, 0.15) is 22.3 Å². The van der Waals surface area contributed by atoms with Crippen LogP contribution >= 0.6 is 0 Å². The maximum atomic E-state index is 7.02. The molecule has 364 valence electrons. The molecule has 2 heterocycles. The van der Waals surface area contributed by atoms with Crippen LogP contribution in [0.25, 0.3) is 88.4 Å². The van der Waals surface area contributed by atoms with E-state index in [1.54, 1.807) is 0 Å². The van der Waals surface area contributed by atoms with Crippen LogP contribution in [-0.2, 0) is 27.1 Å². The highest BCUT2D eigenvalue weighted by molar-refractivity contribution is 6.21. The number of hydrogen-bond donors (Lipinski definition) is 0. The van der Waals surface area contributed by atoms with Crippen LogP contribution in [0.2, 0.25) is 0 Å². The number of rotatable bonds is 4. The summed E-state index contributed by atoms with van der Waals surface area (Å²) in [5, 5.41) is 4.75. The van der Waals surface area contributed by atoms with Gasteiger partial charge in [-0.25, -0.2) is 0 Å². The van der Waals surface area contributed by atoms with Gasteiger partial charge in [-0.2, -0.15) is 0 Å². The molecule has 0 N–H and O–H groups in total. The minimum Gasteiger partial charge on any atom is -0.455 e. The molecule has 0 bridgehead atoms. The summed E-state index contributed by atoms with van der Waals surface area (Å²) < 4.78 is 14.0. The fourth-order valence-electron chi connectivity index (χ4n) is 14.0. The molecule has 0 saturated carbocycles. The van der Waals surface area contributed by atoms with Gasteiger partial charge < -0.3 is 13.7 Å². The Kier molecular flexibility index (Phi) is 9.00. The van der Waals surface area contributed by atoms with Crippen LogP contribution in [0.4, 0.5) is 17.1 Å². The zero-order valence-electron chi connectivity index (χ0n) is 44.9. The summed E-state index contributed by atoms with van der Waals surface area (Å²) in [5.74, 6) is 0. The van der Waals surface area contributed by atoms with Gasteiger partial charge >= 0.3 is 0 Å². The third-order valence-corrected chi connectivity index (χ3v) is 17.7. The summed E-state index contributed by atoms with van der Waals surface area (Å²) in [7, 11) is 0. The van der Waals surface area contributed by atoms with Gasteiger partial charge in [0.25, 0.3) is 0 Å². The molecule has 3 heteroatoms. The van der Waals surface area contributed by atoms with E-state index < -0.39 is 0 Å². The number of furan rings is 2. The fraction of sp³-hybridized carbons (Fsp3) is 0.239. The lowest BCUT2D eigenvalue weighted by molar-refractivity contribution is 0.590. The molecule has 3 nitrogen and oxygen atoms in total.